The summed E-state index contributed by atoms with van der Waals surface area (Å²) in [4.78, 5) is 14.6. The number of carbonyl (C=O) groups excluding carboxylic acids is 1. The molecule has 2 rings (SSSR count). The molecule has 2 N–H and O–H groups in total. The number of hydrogen-bond acceptors (Lipinski definition) is 4. The summed E-state index contributed by atoms with van der Waals surface area (Å²) in [5, 5.41) is 3.95. The van der Waals surface area contributed by atoms with E-state index >= 15 is 0 Å². The van der Waals surface area contributed by atoms with Crippen molar-refractivity contribution < 1.29 is 9.53 Å². The Balaban J connectivity index is 1.94. The Bertz CT molecular complexity index is 344. The number of ether oxygens (including phenoxy) is 1. The molecule has 6 heteroatoms. The van der Waals surface area contributed by atoms with Crippen molar-refractivity contribution in [2.75, 3.05) is 6.61 Å². The van der Waals surface area contributed by atoms with Gasteiger partial charge in [0.25, 0.3) is 5.91 Å². The van der Waals surface area contributed by atoms with E-state index in [1.165, 1.54) is 12.7 Å². The molecule has 1 aliphatic rings. The summed E-state index contributed by atoms with van der Waals surface area (Å²) >= 11 is 0. The Morgan fingerprint density at radius 1 is 1.67 bits per heavy atom. The summed E-state index contributed by atoms with van der Waals surface area (Å²) < 4.78 is 7.15. The van der Waals surface area contributed by atoms with Crippen LogP contribution in [0, 0.1) is 0 Å². The molecule has 6 nitrogen and oxygen atoms in total. The van der Waals surface area contributed by atoms with Crippen molar-refractivity contribution in [3.05, 3.63) is 12.2 Å². The van der Waals surface area contributed by atoms with Crippen molar-refractivity contribution in [2.24, 2.45) is 5.73 Å². The van der Waals surface area contributed by atoms with Gasteiger partial charge in [-0.25, -0.2) is 9.67 Å². The van der Waals surface area contributed by atoms with Gasteiger partial charge in [0.15, 0.2) is 0 Å². The summed E-state index contributed by atoms with van der Waals surface area (Å²) in [6.07, 6.45) is 5.04. The molecule has 0 bridgehead atoms. The van der Waals surface area contributed by atoms with Gasteiger partial charge >= 0.3 is 0 Å². The highest BCUT2D eigenvalue weighted by Crippen LogP contribution is 2.13. The standard InChI is InChI=1S/C9H14N4O2/c10-8(14)9-11-6-13(12-9)5-7-3-1-2-4-15-7/h6-7H,1-5H2,(H2,10,14). The first kappa shape index (κ1) is 10.1. The van der Waals surface area contributed by atoms with Crippen LogP contribution in [0.3, 0.4) is 0 Å². The van der Waals surface area contributed by atoms with Crippen LogP contribution in [0.2, 0.25) is 0 Å². The smallest absolute Gasteiger partial charge is 0.288 e. The largest absolute Gasteiger partial charge is 0.376 e. The maximum absolute atomic E-state index is 10.8. The molecule has 15 heavy (non-hydrogen) atoms. The quantitative estimate of drug-likeness (QED) is 0.758. The number of amides is 1. The number of primary amides is 1. The van der Waals surface area contributed by atoms with E-state index in [2.05, 4.69) is 10.1 Å². The average Bonchev–Trinajstić information content (AvgIpc) is 2.68. The van der Waals surface area contributed by atoms with E-state index in [1.807, 2.05) is 0 Å². The Hall–Kier alpha value is -1.43. The van der Waals surface area contributed by atoms with Crippen molar-refractivity contribution in [3.63, 3.8) is 0 Å². The van der Waals surface area contributed by atoms with E-state index in [0.717, 1.165) is 19.4 Å². The van der Waals surface area contributed by atoms with Gasteiger partial charge in [0.05, 0.1) is 12.6 Å². The fourth-order valence-corrected chi connectivity index (χ4v) is 1.66. The van der Waals surface area contributed by atoms with Gasteiger partial charge in [0, 0.05) is 6.61 Å². The normalized spacial score (nSPS) is 21.5. The molecule has 1 unspecified atom stereocenters. The summed E-state index contributed by atoms with van der Waals surface area (Å²) in [5.74, 6) is -0.538. The zero-order valence-electron chi connectivity index (χ0n) is 8.43. The SMILES string of the molecule is NC(=O)c1ncn(CC2CCCCO2)n1. The molecule has 0 aromatic carbocycles. The van der Waals surface area contributed by atoms with Crippen LogP contribution < -0.4 is 5.73 Å². The molecular weight excluding hydrogens is 196 g/mol. The first-order valence-corrected chi connectivity index (χ1v) is 5.06. The molecule has 1 aromatic heterocycles. The minimum Gasteiger partial charge on any atom is -0.376 e. The molecule has 1 aliphatic heterocycles. The maximum Gasteiger partial charge on any atom is 0.288 e. The zero-order valence-corrected chi connectivity index (χ0v) is 8.43. The maximum atomic E-state index is 10.8. The monoisotopic (exact) mass is 210 g/mol. The zero-order chi connectivity index (χ0) is 10.7. The third kappa shape index (κ3) is 2.53. The topological polar surface area (TPSA) is 83.0 Å². The number of aromatic nitrogens is 3. The highest BCUT2D eigenvalue weighted by atomic mass is 16.5. The van der Waals surface area contributed by atoms with Crippen molar-refractivity contribution in [2.45, 2.75) is 31.9 Å². The molecule has 1 amide bonds. The molecule has 0 spiro atoms. The van der Waals surface area contributed by atoms with Gasteiger partial charge in [-0.05, 0) is 19.3 Å². The fraction of sp³-hybridized carbons (Fsp3) is 0.667. The van der Waals surface area contributed by atoms with Gasteiger partial charge < -0.3 is 10.5 Å². The van der Waals surface area contributed by atoms with E-state index in [4.69, 9.17) is 10.5 Å². The number of nitrogens with two attached hydrogens (primary N) is 1. The first-order valence-electron chi connectivity index (χ1n) is 5.06. The highest BCUT2D eigenvalue weighted by Gasteiger charge is 2.15. The molecule has 0 radical (unpaired) electrons. The molecule has 82 valence electrons. The second-order valence-electron chi connectivity index (χ2n) is 3.64. The van der Waals surface area contributed by atoms with Crippen molar-refractivity contribution in [3.8, 4) is 0 Å². The number of carbonyl (C=O) groups is 1. The van der Waals surface area contributed by atoms with Crippen molar-refractivity contribution in [1.29, 1.82) is 0 Å². The third-order valence-corrected chi connectivity index (χ3v) is 2.42. The molecule has 0 saturated carbocycles. The molecule has 2 heterocycles. The number of hydrogen-bond donors (Lipinski definition) is 1. The lowest BCUT2D eigenvalue weighted by atomic mass is 10.1. The average molecular weight is 210 g/mol. The molecular formula is C9H14N4O2. The van der Waals surface area contributed by atoms with Crippen LogP contribution in [0.1, 0.15) is 29.9 Å². The van der Waals surface area contributed by atoms with Crippen molar-refractivity contribution >= 4 is 5.91 Å². The van der Waals surface area contributed by atoms with Crippen LogP contribution in [-0.2, 0) is 11.3 Å². The van der Waals surface area contributed by atoms with Gasteiger partial charge in [-0.1, -0.05) is 0 Å². The van der Waals surface area contributed by atoms with Crippen LogP contribution in [-0.4, -0.2) is 33.4 Å². The van der Waals surface area contributed by atoms with Crippen LogP contribution in [0.4, 0.5) is 0 Å². The summed E-state index contributed by atoms with van der Waals surface area (Å²) in [7, 11) is 0. The van der Waals surface area contributed by atoms with Crippen LogP contribution in [0.15, 0.2) is 6.33 Å². The van der Waals surface area contributed by atoms with E-state index in [-0.39, 0.29) is 11.9 Å². The van der Waals surface area contributed by atoms with E-state index < -0.39 is 5.91 Å². The minimum absolute atomic E-state index is 0.0609. The lowest BCUT2D eigenvalue weighted by molar-refractivity contribution is 0.00388. The van der Waals surface area contributed by atoms with Gasteiger partial charge in [0.2, 0.25) is 5.82 Å². The van der Waals surface area contributed by atoms with Crippen molar-refractivity contribution in [1.82, 2.24) is 14.8 Å². The molecule has 1 fully saturated rings. The lowest BCUT2D eigenvalue weighted by Crippen LogP contribution is -2.25. The second-order valence-corrected chi connectivity index (χ2v) is 3.64. The highest BCUT2D eigenvalue weighted by molar-refractivity contribution is 5.88. The Kier molecular flexibility index (Phi) is 2.96. The van der Waals surface area contributed by atoms with E-state index in [9.17, 15) is 4.79 Å². The Labute approximate surface area is 87.4 Å². The molecule has 1 saturated heterocycles. The van der Waals surface area contributed by atoms with Crippen LogP contribution in [0.5, 0.6) is 0 Å². The molecule has 0 aliphatic carbocycles. The predicted molar refractivity (Wildman–Crippen MR) is 52.1 cm³/mol. The van der Waals surface area contributed by atoms with E-state index in [0.29, 0.717) is 6.54 Å². The Morgan fingerprint density at radius 3 is 3.13 bits per heavy atom. The fourth-order valence-electron chi connectivity index (χ4n) is 1.66. The Morgan fingerprint density at radius 2 is 2.53 bits per heavy atom. The van der Waals surface area contributed by atoms with Gasteiger partial charge in [-0.3, -0.25) is 4.79 Å². The summed E-state index contributed by atoms with van der Waals surface area (Å²) in [5.41, 5.74) is 5.05. The molecule has 1 atom stereocenters. The minimum atomic E-state index is -0.599. The van der Waals surface area contributed by atoms with Crippen LogP contribution >= 0.6 is 0 Å². The lowest BCUT2D eigenvalue weighted by Gasteiger charge is -2.21. The van der Waals surface area contributed by atoms with Gasteiger partial charge in [-0.15, -0.1) is 5.10 Å². The van der Waals surface area contributed by atoms with Gasteiger partial charge in [0.1, 0.15) is 6.33 Å². The number of rotatable bonds is 3. The van der Waals surface area contributed by atoms with Crippen LogP contribution in [0.25, 0.3) is 0 Å². The predicted octanol–water partition coefficient (Wildman–Crippen LogP) is -0.0539. The first-order chi connectivity index (χ1) is 7.25. The second kappa shape index (κ2) is 4.39. The van der Waals surface area contributed by atoms with E-state index in [1.54, 1.807) is 4.68 Å². The summed E-state index contributed by atoms with van der Waals surface area (Å²) in [6, 6.07) is 0. The van der Waals surface area contributed by atoms with Gasteiger partial charge in [-0.2, -0.15) is 0 Å². The summed E-state index contributed by atoms with van der Waals surface area (Å²) in [6.45, 7) is 1.45. The molecule has 1 aromatic rings. The third-order valence-electron chi connectivity index (χ3n) is 2.42. The number of nitrogens with zero attached hydrogens (tertiary/aromatic N) is 3.